The maximum atomic E-state index is 13.8. The molecular formula is C25H34F3N3O. The van der Waals surface area contributed by atoms with Gasteiger partial charge >= 0.3 is 6.18 Å². The van der Waals surface area contributed by atoms with Crippen molar-refractivity contribution in [2.45, 2.75) is 102 Å². The molecule has 4 aliphatic rings. The average Bonchev–Trinajstić information content (AvgIpc) is 3.20. The number of aromatic nitrogens is 1. The van der Waals surface area contributed by atoms with E-state index >= 15 is 0 Å². The smallest absolute Gasteiger partial charge is 0.337 e. The van der Waals surface area contributed by atoms with E-state index in [0.717, 1.165) is 38.3 Å². The third-order valence-corrected chi connectivity index (χ3v) is 8.54. The summed E-state index contributed by atoms with van der Waals surface area (Å²) in [6.07, 6.45) is 9.79. The van der Waals surface area contributed by atoms with Crippen LogP contribution in [-0.2, 0) is 23.9 Å². The first-order valence-corrected chi connectivity index (χ1v) is 12.5. The van der Waals surface area contributed by atoms with Crippen LogP contribution in [0.2, 0.25) is 0 Å². The van der Waals surface area contributed by atoms with Crippen LogP contribution in [0, 0.1) is 11.3 Å². The van der Waals surface area contributed by atoms with E-state index < -0.39 is 11.7 Å². The molecule has 1 aromatic rings. The molecule has 1 amide bonds. The Kier molecular flexibility index (Phi) is 5.97. The summed E-state index contributed by atoms with van der Waals surface area (Å²) in [7, 11) is 0. The summed E-state index contributed by atoms with van der Waals surface area (Å²) in [4.78, 5) is 19.7. The molecular weight excluding hydrogens is 415 g/mol. The van der Waals surface area contributed by atoms with Crippen LogP contribution in [0.5, 0.6) is 0 Å². The van der Waals surface area contributed by atoms with Crippen molar-refractivity contribution in [3.8, 4) is 0 Å². The number of hydrogen-bond donors (Lipinski definition) is 1. The van der Waals surface area contributed by atoms with Crippen LogP contribution in [0.4, 0.5) is 13.2 Å². The molecule has 1 N–H and O–H groups in total. The molecule has 2 heterocycles. The topological polar surface area (TPSA) is 45.2 Å². The number of carbonyl (C=O) groups excluding carboxylic acids is 1. The maximum Gasteiger partial charge on any atom is 0.417 e. The quantitative estimate of drug-likeness (QED) is 0.642. The number of amides is 1. The van der Waals surface area contributed by atoms with E-state index in [1.807, 2.05) is 4.90 Å². The van der Waals surface area contributed by atoms with E-state index in [0.29, 0.717) is 42.2 Å². The van der Waals surface area contributed by atoms with Crippen molar-refractivity contribution < 1.29 is 18.0 Å². The number of nitrogens with zero attached hydrogens (tertiary/aromatic N) is 2. The highest BCUT2D eigenvalue weighted by Gasteiger charge is 2.56. The molecule has 0 bridgehead atoms. The molecule has 3 saturated carbocycles. The molecule has 3 atom stereocenters. The van der Waals surface area contributed by atoms with Crippen LogP contribution >= 0.6 is 0 Å². The van der Waals surface area contributed by atoms with Gasteiger partial charge in [-0.25, -0.2) is 0 Å². The van der Waals surface area contributed by atoms with Crippen molar-refractivity contribution in [2.75, 3.05) is 6.54 Å². The lowest BCUT2D eigenvalue weighted by molar-refractivity contribution is -0.144. The molecule has 5 rings (SSSR count). The zero-order valence-corrected chi connectivity index (χ0v) is 18.7. The maximum absolute atomic E-state index is 13.8. The predicted octanol–water partition coefficient (Wildman–Crippen LogP) is 5.25. The van der Waals surface area contributed by atoms with Gasteiger partial charge in [0.05, 0.1) is 11.0 Å². The zero-order valence-electron chi connectivity index (χ0n) is 18.7. The molecule has 4 nitrogen and oxygen atoms in total. The van der Waals surface area contributed by atoms with E-state index in [1.165, 1.54) is 44.6 Å². The number of rotatable bonds is 3. The van der Waals surface area contributed by atoms with Crippen molar-refractivity contribution >= 4 is 5.91 Å². The van der Waals surface area contributed by atoms with Crippen LogP contribution < -0.4 is 5.32 Å². The first-order valence-electron chi connectivity index (χ1n) is 12.5. The van der Waals surface area contributed by atoms with Gasteiger partial charge in [-0.05, 0) is 56.1 Å². The van der Waals surface area contributed by atoms with Crippen molar-refractivity contribution in [3.05, 3.63) is 29.1 Å². The summed E-state index contributed by atoms with van der Waals surface area (Å²) in [6.45, 7) is 0.805. The molecule has 3 aliphatic carbocycles. The van der Waals surface area contributed by atoms with Gasteiger partial charge < -0.3 is 10.2 Å². The number of halogens is 3. The Balaban J connectivity index is 1.30. The molecule has 3 fully saturated rings. The standard InChI is InChI=1S/C25H34F3N3O/c26-25(27,28)19-12-17-16-31(11-9-22(17)29-15-19)23(32)24-10-5-6-18(24)13-21(14-24)30-20-7-3-1-2-4-8-20/h12,15,18,20-21,30H,1-11,13-14,16H2/t18-,21-,24-/m1/s1. The molecule has 0 unspecified atom stereocenters. The second kappa shape index (κ2) is 8.62. The lowest BCUT2D eigenvalue weighted by Gasteiger charge is -2.37. The second-order valence-corrected chi connectivity index (χ2v) is 10.5. The minimum absolute atomic E-state index is 0.174. The highest BCUT2D eigenvalue weighted by molar-refractivity contribution is 5.84. The summed E-state index contributed by atoms with van der Waals surface area (Å²) in [5.41, 5.74) is 0.198. The number of pyridine rings is 1. The van der Waals surface area contributed by atoms with Gasteiger partial charge in [0.25, 0.3) is 0 Å². The van der Waals surface area contributed by atoms with Crippen LogP contribution in [0.15, 0.2) is 12.3 Å². The summed E-state index contributed by atoms with van der Waals surface area (Å²) in [6, 6.07) is 2.15. The van der Waals surface area contributed by atoms with Crippen LogP contribution in [0.3, 0.4) is 0 Å². The van der Waals surface area contributed by atoms with Gasteiger partial charge in [-0.1, -0.05) is 32.1 Å². The highest BCUT2D eigenvalue weighted by Crippen LogP contribution is 2.55. The lowest BCUT2D eigenvalue weighted by atomic mass is 9.78. The minimum atomic E-state index is -4.41. The number of alkyl halides is 3. The van der Waals surface area contributed by atoms with Gasteiger partial charge in [0, 0.05) is 43.5 Å². The van der Waals surface area contributed by atoms with Crippen molar-refractivity contribution in [1.29, 1.82) is 0 Å². The van der Waals surface area contributed by atoms with Crippen LogP contribution in [-0.4, -0.2) is 34.4 Å². The molecule has 176 valence electrons. The monoisotopic (exact) mass is 449 g/mol. The molecule has 0 saturated heterocycles. The Hall–Kier alpha value is -1.63. The molecule has 1 aromatic heterocycles. The van der Waals surface area contributed by atoms with Gasteiger partial charge in [-0.15, -0.1) is 0 Å². The van der Waals surface area contributed by atoms with Gasteiger partial charge in [-0.3, -0.25) is 9.78 Å². The molecule has 32 heavy (non-hydrogen) atoms. The van der Waals surface area contributed by atoms with E-state index in [4.69, 9.17) is 0 Å². The van der Waals surface area contributed by atoms with Gasteiger partial charge in [-0.2, -0.15) is 13.2 Å². The molecule has 0 aromatic carbocycles. The Morgan fingerprint density at radius 1 is 1.09 bits per heavy atom. The van der Waals surface area contributed by atoms with Crippen molar-refractivity contribution in [1.82, 2.24) is 15.2 Å². The van der Waals surface area contributed by atoms with Gasteiger partial charge in [0.2, 0.25) is 5.91 Å². The van der Waals surface area contributed by atoms with E-state index in [1.54, 1.807) is 0 Å². The van der Waals surface area contributed by atoms with E-state index in [9.17, 15) is 18.0 Å². The van der Waals surface area contributed by atoms with Gasteiger partial charge in [0.15, 0.2) is 0 Å². The van der Waals surface area contributed by atoms with Crippen LogP contribution in [0.1, 0.15) is 87.4 Å². The molecule has 1 aliphatic heterocycles. The normalized spacial score (nSPS) is 31.3. The summed E-state index contributed by atoms with van der Waals surface area (Å²) in [5, 5.41) is 3.90. The van der Waals surface area contributed by atoms with E-state index in [-0.39, 0.29) is 17.9 Å². The molecule has 0 radical (unpaired) electrons. The van der Waals surface area contributed by atoms with Crippen molar-refractivity contribution in [3.63, 3.8) is 0 Å². The zero-order chi connectivity index (χ0) is 22.3. The summed E-state index contributed by atoms with van der Waals surface area (Å²) >= 11 is 0. The van der Waals surface area contributed by atoms with Gasteiger partial charge in [0.1, 0.15) is 0 Å². The Morgan fingerprint density at radius 3 is 2.62 bits per heavy atom. The average molecular weight is 450 g/mol. The third kappa shape index (κ3) is 4.17. The summed E-state index contributed by atoms with van der Waals surface area (Å²) in [5.74, 6) is 0.576. The SMILES string of the molecule is O=C(N1CCc2ncc(C(F)(F)F)cc2C1)[C@@]12CCC[C@@H]1C[C@@H](NC1CCCCCC1)C2. The Labute approximate surface area is 188 Å². The fraction of sp³-hybridized carbons (Fsp3) is 0.760. The van der Waals surface area contributed by atoms with E-state index in [2.05, 4.69) is 10.3 Å². The molecule has 7 heteroatoms. The first-order chi connectivity index (χ1) is 15.3. The lowest BCUT2D eigenvalue weighted by Crippen LogP contribution is -2.47. The fourth-order valence-corrected chi connectivity index (χ4v) is 6.97. The number of hydrogen-bond acceptors (Lipinski definition) is 3. The third-order valence-electron chi connectivity index (χ3n) is 8.54. The Bertz CT molecular complexity index is 849. The first kappa shape index (κ1) is 22.2. The highest BCUT2D eigenvalue weighted by atomic mass is 19.4. The van der Waals surface area contributed by atoms with Crippen LogP contribution in [0.25, 0.3) is 0 Å². The number of carbonyl (C=O) groups is 1. The van der Waals surface area contributed by atoms with Crippen molar-refractivity contribution in [2.24, 2.45) is 11.3 Å². The predicted molar refractivity (Wildman–Crippen MR) is 116 cm³/mol. The minimum Gasteiger partial charge on any atom is -0.337 e. The summed E-state index contributed by atoms with van der Waals surface area (Å²) < 4.78 is 39.5. The second-order valence-electron chi connectivity index (χ2n) is 10.5. The number of fused-ring (bicyclic) bond motifs is 2. The fourth-order valence-electron chi connectivity index (χ4n) is 6.97. The largest absolute Gasteiger partial charge is 0.417 e. The number of nitrogens with one attached hydrogen (secondary N) is 1. The molecule has 0 spiro atoms. The Morgan fingerprint density at radius 2 is 1.88 bits per heavy atom.